The third-order valence-electron chi connectivity index (χ3n) is 7.54. The number of aliphatic carboxylic acids is 1. The summed E-state index contributed by atoms with van der Waals surface area (Å²) in [5, 5.41) is 14.7. The summed E-state index contributed by atoms with van der Waals surface area (Å²) in [5.41, 5.74) is 1.14. The first-order chi connectivity index (χ1) is 15.6. The van der Waals surface area contributed by atoms with Crippen molar-refractivity contribution in [3.8, 4) is 5.75 Å². The Kier molecular flexibility index (Phi) is 6.22. The maximum atomic E-state index is 13.1. The molecule has 2 aromatic heterocycles. The first kappa shape index (κ1) is 23.6. The Morgan fingerprint density at radius 1 is 1.30 bits per heavy atom. The molecule has 1 saturated carbocycles. The van der Waals surface area contributed by atoms with Crippen molar-refractivity contribution in [2.24, 2.45) is 11.3 Å². The lowest BCUT2D eigenvalue weighted by atomic mass is 9.77. The van der Waals surface area contributed by atoms with Crippen LogP contribution in [0.1, 0.15) is 69.2 Å². The second kappa shape index (κ2) is 8.68. The maximum Gasteiger partial charge on any atom is 0.391 e. The van der Waals surface area contributed by atoms with Crippen molar-refractivity contribution >= 4 is 17.4 Å². The second-order valence-corrected chi connectivity index (χ2v) is 9.45. The predicted octanol–water partition coefficient (Wildman–Crippen LogP) is 4.96. The first-order valence-electron chi connectivity index (χ1n) is 11.6. The van der Waals surface area contributed by atoms with E-state index >= 15 is 0 Å². The monoisotopic (exact) mass is 468 g/mol. The average molecular weight is 469 g/mol. The van der Waals surface area contributed by atoms with Gasteiger partial charge in [-0.2, -0.15) is 22.8 Å². The van der Waals surface area contributed by atoms with E-state index in [9.17, 15) is 23.1 Å². The predicted molar refractivity (Wildman–Crippen MR) is 117 cm³/mol. The number of carboxylic acids is 1. The van der Waals surface area contributed by atoms with Gasteiger partial charge in [0.25, 0.3) is 0 Å². The lowest BCUT2D eigenvalue weighted by Gasteiger charge is -2.40. The molecule has 4 rings (SSSR count). The minimum Gasteiger partial charge on any atom is -0.491 e. The van der Waals surface area contributed by atoms with Gasteiger partial charge in [-0.05, 0) is 51.9 Å². The van der Waals surface area contributed by atoms with Crippen LogP contribution in [-0.2, 0) is 4.79 Å². The zero-order valence-corrected chi connectivity index (χ0v) is 19.3. The van der Waals surface area contributed by atoms with Gasteiger partial charge in [0.05, 0.1) is 29.8 Å². The summed E-state index contributed by atoms with van der Waals surface area (Å²) < 4.78 is 46.6. The number of anilines is 1. The van der Waals surface area contributed by atoms with E-state index < -0.39 is 23.5 Å². The average Bonchev–Trinajstić information content (AvgIpc) is 3.20. The van der Waals surface area contributed by atoms with Crippen LogP contribution in [0, 0.1) is 18.3 Å². The molecule has 1 aliphatic heterocycles. The fourth-order valence-electron chi connectivity index (χ4n) is 5.46. The molecule has 7 nitrogen and oxygen atoms in total. The highest BCUT2D eigenvalue weighted by Gasteiger charge is 2.43. The van der Waals surface area contributed by atoms with Crippen molar-refractivity contribution in [3.63, 3.8) is 0 Å². The third kappa shape index (κ3) is 4.24. The molecule has 0 bridgehead atoms. The molecule has 33 heavy (non-hydrogen) atoms. The van der Waals surface area contributed by atoms with Gasteiger partial charge in [-0.25, -0.2) is 4.98 Å². The molecule has 1 saturated heterocycles. The van der Waals surface area contributed by atoms with Crippen LogP contribution in [0.15, 0.2) is 6.07 Å². The Hall–Kier alpha value is -2.52. The topological polar surface area (TPSA) is 80.0 Å². The van der Waals surface area contributed by atoms with Crippen molar-refractivity contribution in [2.45, 2.75) is 70.9 Å². The number of hydrogen-bond acceptors (Lipinski definition) is 5. The molecular formula is C23H31F3N4O3. The van der Waals surface area contributed by atoms with Crippen molar-refractivity contribution in [3.05, 3.63) is 17.5 Å². The molecule has 0 radical (unpaired) electrons. The minimum absolute atomic E-state index is 0.0560. The number of piperidine rings is 1. The highest BCUT2D eigenvalue weighted by atomic mass is 19.4. The second-order valence-electron chi connectivity index (χ2n) is 9.45. The van der Waals surface area contributed by atoms with E-state index in [1.165, 1.54) is 0 Å². The Bertz CT molecular complexity index is 1030. The van der Waals surface area contributed by atoms with Gasteiger partial charge in [-0.15, -0.1) is 0 Å². The van der Waals surface area contributed by atoms with Crippen molar-refractivity contribution < 1.29 is 27.8 Å². The van der Waals surface area contributed by atoms with Gasteiger partial charge in [-0.1, -0.05) is 6.92 Å². The first-order valence-corrected chi connectivity index (χ1v) is 11.6. The Balaban J connectivity index is 1.71. The van der Waals surface area contributed by atoms with Crippen molar-refractivity contribution in [1.29, 1.82) is 0 Å². The summed E-state index contributed by atoms with van der Waals surface area (Å²) in [4.78, 5) is 18.7. The largest absolute Gasteiger partial charge is 0.491 e. The Morgan fingerprint density at radius 3 is 2.58 bits per heavy atom. The SMILES string of the molecule is CC[C@@]1(C(=O)O)CCCN(c2c(OC)c(C)nc3cc(C4CCC(C(F)(F)F)CC4)nn23)C1. The zero-order chi connectivity index (χ0) is 24.0. The number of ether oxygens (including phenoxy) is 1. The van der Waals surface area contributed by atoms with E-state index in [-0.39, 0.29) is 18.8 Å². The summed E-state index contributed by atoms with van der Waals surface area (Å²) >= 11 is 0. The molecule has 1 N–H and O–H groups in total. The number of methoxy groups -OCH3 is 1. The molecular weight excluding hydrogens is 437 g/mol. The fraction of sp³-hybridized carbons (Fsp3) is 0.696. The molecule has 3 heterocycles. The lowest BCUT2D eigenvalue weighted by Crippen LogP contribution is -2.48. The van der Waals surface area contributed by atoms with Gasteiger partial charge < -0.3 is 14.7 Å². The van der Waals surface area contributed by atoms with Crippen LogP contribution in [0.2, 0.25) is 0 Å². The van der Waals surface area contributed by atoms with Gasteiger partial charge in [0.15, 0.2) is 17.2 Å². The summed E-state index contributed by atoms with van der Waals surface area (Å²) in [5.74, 6) is -0.907. The normalized spacial score (nSPS) is 26.5. The van der Waals surface area contributed by atoms with Crippen LogP contribution in [-0.4, -0.2) is 52.0 Å². The number of halogens is 3. The van der Waals surface area contributed by atoms with Crippen LogP contribution in [0.3, 0.4) is 0 Å². The molecule has 2 fully saturated rings. The lowest BCUT2D eigenvalue weighted by molar-refractivity contribution is -0.182. The summed E-state index contributed by atoms with van der Waals surface area (Å²) in [6.45, 7) is 4.72. The molecule has 0 unspecified atom stereocenters. The molecule has 0 spiro atoms. The molecule has 182 valence electrons. The van der Waals surface area contributed by atoms with Gasteiger partial charge >= 0.3 is 12.1 Å². The molecule has 0 amide bonds. The third-order valence-corrected chi connectivity index (χ3v) is 7.54. The van der Waals surface area contributed by atoms with Crippen LogP contribution >= 0.6 is 0 Å². The van der Waals surface area contributed by atoms with E-state index in [4.69, 9.17) is 9.84 Å². The Morgan fingerprint density at radius 2 is 2.00 bits per heavy atom. The van der Waals surface area contributed by atoms with Crippen molar-refractivity contribution in [2.75, 3.05) is 25.1 Å². The van der Waals surface area contributed by atoms with Crippen molar-refractivity contribution in [1.82, 2.24) is 14.6 Å². The van der Waals surface area contributed by atoms with Crippen LogP contribution < -0.4 is 9.64 Å². The van der Waals surface area contributed by atoms with E-state index in [1.54, 1.807) is 11.6 Å². The standard InChI is InChI=1S/C23H31F3N4O3/c1-4-22(21(31)32)10-5-11-29(13-22)20-19(33-3)14(2)27-18-12-17(28-30(18)20)15-6-8-16(9-7-15)23(24,25)26/h12,15-16H,4-11,13H2,1-3H3,(H,31,32)/t15?,16?,22-/m1/s1. The van der Waals surface area contributed by atoms with Crippen LogP contribution in [0.4, 0.5) is 19.0 Å². The fourth-order valence-corrected chi connectivity index (χ4v) is 5.46. The number of carboxylic acid groups (broad SMARTS) is 1. The summed E-state index contributed by atoms with van der Waals surface area (Å²) in [7, 11) is 1.55. The van der Waals surface area contributed by atoms with E-state index in [2.05, 4.69) is 4.98 Å². The number of aryl methyl sites for hydroxylation is 1. The number of rotatable bonds is 5. The number of alkyl halides is 3. The van der Waals surface area contributed by atoms with Crippen LogP contribution in [0.5, 0.6) is 5.75 Å². The van der Waals surface area contributed by atoms with Gasteiger partial charge in [0.2, 0.25) is 0 Å². The van der Waals surface area contributed by atoms with Gasteiger partial charge in [-0.3, -0.25) is 4.79 Å². The quantitative estimate of drug-likeness (QED) is 0.668. The smallest absolute Gasteiger partial charge is 0.391 e. The molecule has 2 aliphatic rings. The number of carbonyl (C=O) groups is 1. The zero-order valence-electron chi connectivity index (χ0n) is 19.3. The van der Waals surface area contributed by atoms with Gasteiger partial charge in [0, 0.05) is 25.1 Å². The molecule has 2 aromatic rings. The van der Waals surface area contributed by atoms with E-state index in [0.717, 1.165) is 12.1 Å². The van der Waals surface area contributed by atoms with E-state index in [1.807, 2.05) is 24.8 Å². The van der Waals surface area contributed by atoms with Gasteiger partial charge in [0.1, 0.15) is 0 Å². The molecule has 10 heteroatoms. The highest BCUT2D eigenvalue weighted by Crippen LogP contribution is 2.44. The maximum absolute atomic E-state index is 13.1. The number of hydrogen-bond donors (Lipinski definition) is 1. The minimum atomic E-state index is -4.15. The molecule has 1 atom stereocenters. The number of aromatic nitrogens is 3. The number of nitrogens with zero attached hydrogens (tertiary/aromatic N) is 4. The van der Waals surface area contributed by atoms with E-state index in [0.29, 0.717) is 61.7 Å². The van der Waals surface area contributed by atoms with Crippen LogP contribution in [0.25, 0.3) is 5.65 Å². The highest BCUT2D eigenvalue weighted by molar-refractivity contribution is 5.76. The number of fused-ring (bicyclic) bond motifs is 1. The molecule has 1 aliphatic carbocycles. The molecule has 0 aromatic carbocycles. The Labute approximate surface area is 190 Å². The summed E-state index contributed by atoms with van der Waals surface area (Å²) in [6, 6.07) is 1.85. The summed E-state index contributed by atoms with van der Waals surface area (Å²) in [6.07, 6.45) is -1.22.